The van der Waals surface area contributed by atoms with Crippen LogP contribution in [0.4, 0.5) is 0 Å². The molecule has 18 heavy (non-hydrogen) atoms. The molecule has 0 aromatic carbocycles. The molecule has 0 aliphatic heterocycles. The van der Waals surface area contributed by atoms with E-state index in [2.05, 4.69) is 24.3 Å². The summed E-state index contributed by atoms with van der Waals surface area (Å²) in [5, 5.41) is 7.30. The SMILES string of the molecule is CCc1nn(C)c(CC)c1CNC(=O)[C@@H](C)N.Cl. The molecule has 0 radical (unpaired) electrons. The fraction of sp³-hybridized carbons (Fsp3) is 0.667. The normalized spacial score (nSPS) is 11.8. The molecule has 1 amide bonds. The van der Waals surface area contributed by atoms with Crippen LogP contribution in [0.3, 0.4) is 0 Å². The van der Waals surface area contributed by atoms with Gasteiger partial charge in [-0.25, -0.2) is 0 Å². The van der Waals surface area contributed by atoms with Gasteiger partial charge in [0.15, 0.2) is 0 Å². The van der Waals surface area contributed by atoms with Crippen molar-refractivity contribution in [2.45, 2.75) is 46.2 Å². The topological polar surface area (TPSA) is 72.9 Å². The fourth-order valence-corrected chi connectivity index (χ4v) is 1.93. The maximum absolute atomic E-state index is 11.5. The van der Waals surface area contributed by atoms with Crippen LogP contribution >= 0.6 is 12.4 Å². The summed E-state index contributed by atoms with van der Waals surface area (Å²) in [6, 6.07) is -0.471. The molecule has 3 N–H and O–H groups in total. The van der Waals surface area contributed by atoms with Crippen LogP contribution in [0.5, 0.6) is 0 Å². The second kappa shape index (κ2) is 7.38. The Morgan fingerprint density at radius 2 is 2.06 bits per heavy atom. The van der Waals surface area contributed by atoms with Crippen LogP contribution < -0.4 is 11.1 Å². The Balaban J connectivity index is 0.00000289. The third kappa shape index (κ3) is 3.71. The van der Waals surface area contributed by atoms with Gasteiger partial charge in [0.05, 0.1) is 11.7 Å². The first-order valence-corrected chi connectivity index (χ1v) is 6.08. The van der Waals surface area contributed by atoms with Crippen LogP contribution in [0.2, 0.25) is 0 Å². The highest BCUT2D eigenvalue weighted by Gasteiger charge is 2.15. The molecule has 1 aromatic heterocycles. The second-order valence-corrected chi connectivity index (χ2v) is 4.21. The molecule has 5 nitrogen and oxygen atoms in total. The molecular weight excluding hydrogens is 252 g/mol. The number of rotatable bonds is 5. The van der Waals surface area contributed by atoms with E-state index in [4.69, 9.17) is 5.73 Å². The van der Waals surface area contributed by atoms with E-state index < -0.39 is 6.04 Å². The van der Waals surface area contributed by atoms with Gasteiger partial charge in [-0.2, -0.15) is 5.10 Å². The number of nitrogens with two attached hydrogens (primary N) is 1. The number of halogens is 1. The number of hydrogen-bond donors (Lipinski definition) is 2. The lowest BCUT2D eigenvalue weighted by molar-refractivity contribution is -0.122. The van der Waals surface area contributed by atoms with Crippen LogP contribution in [0.1, 0.15) is 37.7 Å². The fourth-order valence-electron chi connectivity index (χ4n) is 1.93. The summed E-state index contributed by atoms with van der Waals surface area (Å²) < 4.78 is 1.90. The summed E-state index contributed by atoms with van der Waals surface area (Å²) in [5.74, 6) is -0.127. The molecule has 0 bridgehead atoms. The largest absolute Gasteiger partial charge is 0.351 e. The van der Waals surface area contributed by atoms with Crippen molar-refractivity contribution >= 4 is 18.3 Å². The molecule has 6 heteroatoms. The maximum atomic E-state index is 11.5. The van der Waals surface area contributed by atoms with Crippen molar-refractivity contribution in [3.63, 3.8) is 0 Å². The predicted molar refractivity (Wildman–Crippen MR) is 74.7 cm³/mol. The molecule has 1 heterocycles. The van der Waals surface area contributed by atoms with Gasteiger partial charge in [0.2, 0.25) is 5.91 Å². The van der Waals surface area contributed by atoms with Crippen molar-refractivity contribution in [1.29, 1.82) is 0 Å². The Hall–Kier alpha value is -1.07. The molecule has 1 aromatic rings. The van der Waals surface area contributed by atoms with E-state index in [-0.39, 0.29) is 18.3 Å². The zero-order chi connectivity index (χ0) is 13.0. The van der Waals surface area contributed by atoms with Gasteiger partial charge in [-0.3, -0.25) is 9.48 Å². The molecule has 1 rings (SSSR count). The van der Waals surface area contributed by atoms with Crippen molar-refractivity contribution < 1.29 is 4.79 Å². The Morgan fingerprint density at radius 1 is 1.44 bits per heavy atom. The maximum Gasteiger partial charge on any atom is 0.236 e. The van der Waals surface area contributed by atoms with Crippen LogP contribution in [0.15, 0.2) is 0 Å². The summed E-state index contributed by atoms with van der Waals surface area (Å²) in [7, 11) is 1.94. The van der Waals surface area contributed by atoms with Gasteiger partial charge in [-0.15, -0.1) is 12.4 Å². The van der Waals surface area contributed by atoms with Gasteiger partial charge >= 0.3 is 0 Å². The van der Waals surface area contributed by atoms with E-state index in [1.165, 1.54) is 5.69 Å². The van der Waals surface area contributed by atoms with Gasteiger partial charge in [0.1, 0.15) is 0 Å². The van der Waals surface area contributed by atoms with E-state index in [0.29, 0.717) is 6.54 Å². The molecule has 0 fully saturated rings. The number of nitrogens with one attached hydrogen (secondary N) is 1. The summed E-state index contributed by atoms with van der Waals surface area (Å²) in [4.78, 5) is 11.5. The molecule has 0 aliphatic carbocycles. The minimum atomic E-state index is -0.471. The van der Waals surface area contributed by atoms with Crippen LogP contribution in [0.25, 0.3) is 0 Å². The highest BCUT2D eigenvalue weighted by molar-refractivity contribution is 5.85. The van der Waals surface area contributed by atoms with E-state index >= 15 is 0 Å². The summed E-state index contributed by atoms with van der Waals surface area (Å²) in [6.07, 6.45) is 1.78. The number of hydrogen-bond acceptors (Lipinski definition) is 3. The highest BCUT2D eigenvalue weighted by Crippen LogP contribution is 2.15. The average molecular weight is 275 g/mol. The molecule has 0 spiro atoms. The Labute approximate surface area is 115 Å². The van der Waals surface area contributed by atoms with Gasteiger partial charge in [0.25, 0.3) is 0 Å². The zero-order valence-corrected chi connectivity index (χ0v) is 12.3. The van der Waals surface area contributed by atoms with Gasteiger partial charge in [-0.05, 0) is 19.8 Å². The number of nitrogens with zero attached hydrogens (tertiary/aromatic N) is 2. The molecule has 0 aliphatic rings. The molecule has 0 saturated carbocycles. The van der Waals surface area contributed by atoms with E-state index in [0.717, 1.165) is 24.1 Å². The Bertz CT molecular complexity index is 401. The molecular formula is C12H23ClN4O. The van der Waals surface area contributed by atoms with E-state index in [1.54, 1.807) is 6.92 Å². The minimum absolute atomic E-state index is 0. The third-order valence-electron chi connectivity index (χ3n) is 2.88. The van der Waals surface area contributed by atoms with Gasteiger partial charge in [-0.1, -0.05) is 13.8 Å². The van der Waals surface area contributed by atoms with Crippen LogP contribution in [-0.2, 0) is 31.2 Å². The van der Waals surface area contributed by atoms with Crippen LogP contribution in [0, 0.1) is 0 Å². The van der Waals surface area contributed by atoms with Crippen LogP contribution in [-0.4, -0.2) is 21.7 Å². The number of amides is 1. The first kappa shape index (κ1) is 16.9. The Kier molecular flexibility index (Phi) is 6.94. The smallest absolute Gasteiger partial charge is 0.236 e. The molecule has 1 atom stereocenters. The van der Waals surface area contributed by atoms with E-state index in [9.17, 15) is 4.79 Å². The monoisotopic (exact) mass is 274 g/mol. The number of carbonyl (C=O) groups excluding carboxylic acids is 1. The van der Waals surface area contributed by atoms with Crippen molar-refractivity contribution in [3.8, 4) is 0 Å². The van der Waals surface area contributed by atoms with Crippen molar-refractivity contribution in [2.24, 2.45) is 12.8 Å². The summed E-state index contributed by atoms with van der Waals surface area (Å²) in [6.45, 7) is 6.35. The van der Waals surface area contributed by atoms with Gasteiger partial charge in [0, 0.05) is 24.8 Å². The summed E-state index contributed by atoms with van der Waals surface area (Å²) in [5.41, 5.74) is 8.87. The Morgan fingerprint density at radius 3 is 2.50 bits per heavy atom. The first-order chi connectivity index (χ1) is 8.01. The highest BCUT2D eigenvalue weighted by atomic mass is 35.5. The van der Waals surface area contributed by atoms with Crippen molar-refractivity contribution in [1.82, 2.24) is 15.1 Å². The summed E-state index contributed by atoms with van der Waals surface area (Å²) >= 11 is 0. The molecule has 0 saturated heterocycles. The van der Waals surface area contributed by atoms with Crippen molar-refractivity contribution in [3.05, 3.63) is 17.0 Å². The molecule has 104 valence electrons. The van der Waals surface area contributed by atoms with Crippen molar-refractivity contribution in [2.75, 3.05) is 0 Å². The number of carbonyl (C=O) groups is 1. The molecule has 0 unspecified atom stereocenters. The first-order valence-electron chi connectivity index (χ1n) is 6.08. The quantitative estimate of drug-likeness (QED) is 0.839. The third-order valence-corrected chi connectivity index (χ3v) is 2.88. The zero-order valence-electron chi connectivity index (χ0n) is 11.5. The second-order valence-electron chi connectivity index (χ2n) is 4.21. The number of aromatic nitrogens is 2. The average Bonchev–Trinajstić information content (AvgIpc) is 2.61. The lowest BCUT2D eigenvalue weighted by atomic mass is 10.1. The lowest BCUT2D eigenvalue weighted by Crippen LogP contribution is -2.38. The predicted octanol–water partition coefficient (Wildman–Crippen LogP) is 0.930. The standard InChI is InChI=1S/C12H22N4O.ClH/c1-5-10-9(7-14-12(17)8(3)13)11(6-2)16(4)15-10;/h8H,5-7,13H2,1-4H3,(H,14,17);1H/t8-;/m1./s1. The lowest BCUT2D eigenvalue weighted by Gasteiger charge is -2.09. The van der Waals surface area contributed by atoms with Gasteiger partial charge < -0.3 is 11.1 Å². The minimum Gasteiger partial charge on any atom is -0.351 e. The van der Waals surface area contributed by atoms with E-state index in [1.807, 2.05) is 11.7 Å². The number of aryl methyl sites for hydroxylation is 2.